The van der Waals surface area contributed by atoms with E-state index < -0.39 is 0 Å². The lowest BCUT2D eigenvalue weighted by atomic mass is 9.96. The predicted molar refractivity (Wildman–Crippen MR) is 107 cm³/mol. The lowest BCUT2D eigenvalue weighted by Crippen LogP contribution is -2.38. The normalized spacial score (nSPS) is 16.0. The molecule has 0 unspecified atom stereocenters. The molecule has 0 aliphatic carbocycles. The number of anilines is 1. The third-order valence-electron chi connectivity index (χ3n) is 4.86. The number of imidazole rings is 1. The molecule has 6 heteroatoms. The maximum Gasteiger partial charge on any atom is 0.227 e. The number of piperidine rings is 1. The molecule has 1 aliphatic heterocycles. The molecule has 1 saturated heterocycles. The molecule has 0 spiro atoms. The van der Waals surface area contributed by atoms with Crippen LogP contribution < -0.4 is 5.32 Å². The molecule has 4 rings (SSSR count). The summed E-state index contributed by atoms with van der Waals surface area (Å²) in [4.78, 5) is 22.9. The average molecular weight is 413 g/mol. The van der Waals surface area contributed by atoms with Crippen LogP contribution in [0.15, 0.2) is 53.0 Å². The monoisotopic (exact) mass is 412 g/mol. The minimum absolute atomic E-state index is 0.0703. The second kappa shape index (κ2) is 7.60. The van der Waals surface area contributed by atoms with Crippen LogP contribution in [0.3, 0.4) is 0 Å². The van der Waals surface area contributed by atoms with E-state index in [1.54, 1.807) is 0 Å². The van der Waals surface area contributed by atoms with E-state index >= 15 is 0 Å². The number of nitrogens with one attached hydrogen (secondary N) is 2. The van der Waals surface area contributed by atoms with Crippen molar-refractivity contribution in [3.63, 3.8) is 0 Å². The summed E-state index contributed by atoms with van der Waals surface area (Å²) in [5.41, 5.74) is 2.92. The van der Waals surface area contributed by atoms with Gasteiger partial charge in [0.05, 0.1) is 17.6 Å². The van der Waals surface area contributed by atoms with Gasteiger partial charge in [0, 0.05) is 16.1 Å². The summed E-state index contributed by atoms with van der Waals surface area (Å²) in [7, 11) is 0. The van der Waals surface area contributed by atoms with Gasteiger partial charge in [0.2, 0.25) is 5.91 Å². The minimum Gasteiger partial charge on any atom is -0.341 e. The minimum atomic E-state index is 0.0703. The van der Waals surface area contributed by atoms with Gasteiger partial charge in [-0.1, -0.05) is 34.1 Å². The molecule has 0 bridgehead atoms. The van der Waals surface area contributed by atoms with Gasteiger partial charge in [-0.25, -0.2) is 4.98 Å². The Morgan fingerprint density at radius 3 is 2.77 bits per heavy atom. The SMILES string of the molecule is O=C(Nc1cccc(Br)c1)C1CCN(Cc2nc3ccccc3[nH]2)CC1. The summed E-state index contributed by atoms with van der Waals surface area (Å²) in [5, 5.41) is 3.03. The Labute approximate surface area is 160 Å². The summed E-state index contributed by atoms with van der Waals surface area (Å²) in [6.45, 7) is 2.62. The summed E-state index contributed by atoms with van der Waals surface area (Å²) in [5.74, 6) is 1.18. The Bertz CT molecular complexity index is 882. The van der Waals surface area contributed by atoms with Crippen LogP contribution in [0.5, 0.6) is 0 Å². The Morgan fingerprint density at radius 2 is 2.00 bits per heavy atom. The Morgan fingerprint density at radius 1 is 1.19 bits per heavy atom. The van der Waals surface area contributed by atoms with E-state index in [-0.39, 0.29) is 11.8 Å². The number of aromatic nitrogens is 2. The van der Waals surface area contributed by atoms with Crippen molar-refractivity contribution in [3.05, 3.63) is 58.8 Å². The van der Waals surface area contributed by atoms with E-state index in [4.69, 9.17) is 0 Å². The summed E-state index contributed by atoms with van der Waals surface area (Å²) in [6.07, 6.45) is 1.75. The molecular formula is C20H21BrN4O. The smallest absolute Gasteiger partial charge is 0.227 e. The molecule has 3 aromatic rings. The number of amides is 1. The van der Waals surface area contributed by atoms with Crippen molar-refractivity contribution in [2.75, 3.05) is 18.4 Å². The standard InChI is InChI=1S/C20H21BrN4O/c21-15-4-3-5-16(12-15)22-20(26)14-8-10-25(11-9-14)13-19-23-17-6-1-2-7-18(17)24-19/h1-7,12,14H,8-11,13H2,(H,22,26)(H,23,24). The largest absolute Gasteiger partial charge is 0.341 e. The first-order valence-electron chi connectivity index (χ1n) is 8.90. The van der Waals surface area contributed by atoms with Crippen molar-refractivity contribution >= 4 is 38.6 Å². The Hall–Kier alpha value is -2.18. The van der Waals surface area contributed by atoms with Gasteiger partial charge in [0.15, 0.2) is 0 Å². The molecule has 2 N–H and O–H groups in total. The lowest BCUT2D eigenvalue weighted by Gasteiger charge is -2.30. The van der Waals surface area contributed by atoms with Crippen LogP contribution >= 0.6 is 15.9 Å². The maximum atomic E-state index is 12.5. The maximum absolute atomic E-state index is 12.5. The van der Waals surface area contributed by atoms with Gasteiger partial charge in [-0.3, -0.25) is 9.69 Å². The van der Waals surface area contributed by atoms with Gasteiger partial charge in [0.1, 0.15) is 5.82 Å². The van der Waals surface area contributed by atoms with Crippen LogP contribution in [0.25, 0.3) is 11.0 Å². The fourth-order valence-corrected chi connectivity index (χ4v) is 3.86. The van der Waals surface area contributed by atoms with Gasteiger partial charge >= 0.3 is 0 Å². The number of likely N-dealkylation sites (tertiary alicyclic amines) is 1. The van der Waals surface area contributed by atoms with E-state index in [0.29, 0.717) is 0 Å². The van der Waals surface area contributed by atoms with E-state index in [1.165, 1.54) is 0 Å². The van der Waals surface area contributed by atoms with Crippen molar-refractivity contribution < 1.29 is 4.79 Å². The van der Waals surface area contributed by atoms with E-state index in [2.05, 4.69) is 36.1 Å². The molecule has 1 fully saturated rings. The number of nitrogens with zero attached hydrogens (tertiary/aromatic N) is 2. The number of hydrogen-bond acceptors (Lipinski definition) is 3. The van der Waals surface area contributed by atoms with Crippen molar-refractivity contribution in [1.82, 2.24) is 14.9 Å². The average Bonchev–Trinajstić information content (AvgIpc) is 3.04. The highest BCUT2D eigenvalue weighted by Gasteiger charge is 2.25. The molecule has 5 nitrogen and oxygen atoms in total. The van der Waals surface area contributed by atoms with E-state index in [9.17, 15) is 4.79 Å². The summed E-state index contributed by atoms with van der Waals surface area (Å²) >= 11 is 3.43. The van der Waals surface area contributed by atoms with Crippen molar-refractivity contribution in [2.45, 2.75) is 19.4 Å². The Kier molecular flexibility index (Phi) is 5.04. The molecule has 2 aromatic carbocycles. The van der Waals surface area contributed by atoms with Crippen LogP contribution in [0.2, 0.25) is 0 Å². The van der Waals surface area contributed by atoms with Crippen molar-refractivity contribution in [2.24, 2.45) is 5.92 Å². The highest BCUT2D eigenvalue weighted by molar-refractivity contribution is 9.10. The highest BCUT2D eigenvalue weighted by Crippen LogP contribution is 2.22. The molecule has 1 aromatic heterocycles. The first kappa shape index (κ1) is 17.2. The van der Waals surface area contributed by atoms with E-state index in [1.807, 2.05) is 48.5 Å². The molecule has 2 heterocycles. The quantitative estimate of drug-likeness (QED) is 0.675. The van der Waals surface area contributed by atoms with Crippen LogP contribution in [-0.2, 0) is 11.3 Å². The van der Waals surface area contributed by atoms with Crippen LogP contribution in [0.4, 0.5) is 5.69 Å². The number of benzene rings is 2. The third kappa shape index (κ3) is 3.97. The van der Waals surface area contributed by atoms with Gasteiger partial charge in [0.25, 0.3) is 0 Å². The number of para-hydroxylation sites is 2. The summed E-state index contributed by atoms with van der Waals surface area (Å²) in [6, 6.07) is 15.8. The lowest BCUT2D eigenvalue weighted by molar-refractivity contribution is -0.121. The molecule has 1 amide bonds. The summed E-state index contributed by atoms with van der Waals surface area (Å²) < 4.78 is 0.968. The van der Waals surface area contributed by atoms with E-state index in [0.717, 1.165) is 59.5 Å². The van der Waals surface area contributed by atoms with Gasteiger partial charge in [-0.2, -0.15) is 0 Å². The van der Waals surface area contributed by atoms with Gasteiger partial charge in [-0.15, -0.1) is 0 Å². The first-order chi connectivity index (χ1) is 12.7. The molecule has 0 saturated carbocycles. The molecular weight excluding hydrogens is 392 g/mol. The number of aromatic amines is 1. The molecule has 134 valence electrons. The second-order valence-corrected chi connectivity index (χ2v) is 7.67. The second-order valence-electron chi connectivity index (χ2n) is 6.75. The zero-order valence-electron chi connectivity index (χ0n) is 14.4. The van der Waals surface area contributed by atoms with Crippen LogP contribution in [0, 0.1) is 5.92 Å². The highest BCUT2D eigenvalue weighted by atomic mass is 79.9. The van der Waals surface area contributed by atoms with Gasteiger partial charge < -0.3 is 10.3 Å². The van der Waals surface area contributed by atoms with Gasteiger partial charge in [-0.05, 0) is 56.3 Å². The van der Waals surface area contributed by atoms with Crippen LogP contribution in [-0.4, -0.2) is 33.9 Å². The zero-order chi connectivity index (χ0) is 17.9. The molecule has 26 heavy (non-hydrogen) atoms. The topological polar surface area (TPSA) is 61.0 Å². The number of halogens is 1. The molecule has 0 atom stereocenters. The Balaban J connectivity index is 1.31. The zero-order valence-corrected chi connectivity index (χ0v) is 16.0. The van der Waals surface area contributed by atoms with Crippen molar-refractivity contribution in [1.29, 1.82) is 0 Å². The molecule has 1 aliphatic rings. The van der Waals surface area contributed by atoms with Crippen LogP contribution in [0.1, 0.15) is 18.7 Å². The third-order valence-corrected chi connectivity index (χ3v) is 5.36. The fraction of sp³-hybridized carbons (Fsp3) is 0.300. The fourth-order valence-electron chi connectivity index (χ4n) is 3.46. The first-order valence-corrected chi connectivity index (χ1v) is 9.69. The van der Waals surface area contributed by atoms with Crippen molar-refractivity contribution in [3.8, 4) is 0 Å². The number of hydrogen-bond donors (Lipinski definition) is 2. The number of carbonyl (C=O) groups is 1. The number of H-pyrrole nitrogens is 1. The predicted octanol–water partition coefficient (Wildman–Crippen LogP) is 4.18. The number of carbonyl (C=O) groups excluding carboxylic acids is 1. The number of rotatable bonds is 4. The number of fused-ring (bicyclic) bond motifs is 1. The molecule has 0 radical (unpaired) electrons.